The van der Waals surface area contributed by atoms with E-state index in [1.54, 1.807) is 24.5 Å². The maximum Gasteiger partial charge on any atom is 0.244 e. The molecule has 0 spiro atoms. The van der Waals surface area contributed by atoms with Gasteiger partial charge in [-0.2, -0.15) is 0 Å². The number of rotatable bonds is 4. The monoisotopic (exact) mass is 255 g/mol. The van der Waals surface area contributed by atoms with Crippen LogP contribution in [0.3, 0.4) is 0 Å². The molecule has 0 aliphatic rings. The first-order chi connectivity index (χ1) is 9.15. The van der Waals surface area contributed by atoms with Gasteiger partial charge in [-0.05, 0) is 37.6 Å². The summed E-state index contributed by atoms with van der Waals surface area (Å²) in [5, 5.41) is 2.92. The number of carbonyl (C=O) groups is 1. The third-order valence-electron chi connectivity index (χ3n) is 2.84. The Balaban J connectivity index is 1.95. The van der Waals surface area contributed by atoms with Gasteiger partial charge in [0.25, 0.3) is 0 Å². The van der Waals surface area contributed by atoms with Gasteiger partial charge in [0, 0.05) is 6.08 Å². The molecule has 1 unspecified atom stereocenters. The summed E-state index contributed by atoms with van der Waals surface area (Å²) >= 11 is 0. The minimum absolute atomic E-state index is 0.0198. The van der Waals surface area contributed by atoms with Crippen molar-refractivity contribution in [1.82, 2.24) is 5.32 Å². The Bertz CT molecular complexity index is 570. The van der Waals surface area contributed by atoms with Gasteiger partial charge in [0.2, 0.25) is 5.91 Å². The van der Waals surface area contributed by atoms with Gasteiger partial charge in [-0.15, -0.1) is 0 Å². The highest BCUT2D eigenvalue weighted by atomic mass is 16.3. The van der Waals surface area contributed by atoms with Crippen LogP contribution in [0.15, 0.2) is 53.2 Å². The van der Waals surface area contributed by atoms with E-state index in [9.17, 15) is 4.79 Å². The van der Waals surface area contributed by atoms with Crippen LogP contribution in [0.25, 0.3) is 6.08 Å². The Labute approximate surface area is 112 Å². The van der Waals surface area contributed by atoms with Gasteiger partial charge in [-0.1, -0.05) is 29.8 Å². The van der Waals surface area contributed by atoms with Crippen LogP contribution in [0.4, 0.5) is 0 Å². The van der Waals surface area contributed by atoms with Crippen LogP contribution in [0, 0.1) is 6.92 Å². The first-order valence-electron chi connectivity index (χ1n) is 6.24. The Morgan fingerprint density at radius 3 is 2.84 bits per heavy atom. The van der Waals surface area contributed by atoms with Crippen molar-refractivity contribution >= 4 is 12.0 Å². The van der Waals surface area contributed by atoms with Crippen LogP contribution in [0.1, 0.15) is 29.9 Å². The average Bonchev–Trinajstić information content (AvgIpc) is 2.89. The molecule has 1 amide bonds. The van der Waals surface area contributed by atoms with Gasteiger partial charge in [-0.3, -0.25) is 4.79 Å². The maximum atomic E-state index is 11.8. The van der Waals surface area contributed by atoms with E-state index < -0.39 is 0 Å². The average molecular weight is 255 g/mol. The van der Waals surface area contributed by atoms with Crippen molar-refractivity contribution in [2.24, 2.45) is 0 Å². The predicted molar refractivity (Wildman–Crippen MR) is 75.5 cm³/mol. The quantitative estimate of drug-likeness (QED) is 0.850. The van der Waals surface area contributed by atoms with E-state index in [1.165, 1.54) is 11.6 Å². The lowest BCUT2D eigenvalue weighted by Crippen LogP contribution is -2.24. The van der Waals surface area contributed by atoms with Gasteiger partial charge in [0.15, 0.2) is 0 Å². The minimum Gasteiger partial charge on any atom is -0.465 e. The summed E-state index contributed by atoms with van der Waals surface area (Å²) in [5.74, 6) is 0.531. The smallest absolute Gasteiger partial charge is 0.244 e. The zero-order valence-corrected chi connectivity index (χ0v) is 11.1. The van der Waals surface area contributed by atoms with E-state index in [2.05, 4.69) is 11.4 Å². The van der Waals surface area contributed by atoms with Crippen LogP contribution >= 0.6 is 0 Å². The Morgan fingerprint density at radius 1 is 1.32 bits per heavy atom. The molecule has 3 heteroatoms. The number of nitrogens with one attached hydrogen (secondary N) is 1. The number of amides is 1. The topological polar surface area (TPSA) is 42.2 Å². The molecule has 1 aromatic heterocycles. The van der Waals surface area contributed by atoms with Crippen LogP contribution < -0.4 is 5.32 Å². The van der Waals surface area contributed by atoms with Crippen molar-refractivity contribution in [2.45, 2.75) is 19.9 Å². The number of carbonyl (C=O) groups excluding carboxylic acids is 1. The zero-order chi connectivity index (χ0) is 13.7. The molecule has 0 saturated carbocycles. The summed E-state index contributed by atoms with van der Waals surface area (Å²) in [4.78, 5) is 11.8. The molecule has 0 saturated heterocycles. The van der Waals surface area contributed by atoms with Gasteiger partial charge < -0.3 is 9.73 Å². The van der Waals surface area contributed by atoms with Crippen LogP contribution in [-0.2, 0) is 4.79 Å². The third-order valence-corrected chi connectivity index (χ3v) is 2.84. The summed E-state index contributed by atoms with van der Waals surface area (Å²) in [6, 6.07) is 11.7. The molecule has 0 aliphatic carbocycles. The predicted octanol–water partition coefficient (Wildman–Crippen LogP) is 3.48. The number of furan rings is 1. The number of benzene rings is 1. The van der Waals surface area contributed by atoms with Crippen LogP contribution in [0.5, 0.6) is 0 Å². The molecule has 0 radical (unpaired) electrons. The Hall–Kier alpha value is -2.29. The summed E-state index contributed by atoms with van der Waals surface area (Å²) in [6.45, 7) is 4.00. The summed E-state index contributed by atoms with van der Waals surface area (Å²) < 4.78 is 5.12. The molecule has 1 aromatic carbocycles. The van der Waals surface area contributed by atoms with Crippen LogP contribution in [0.2, 0.25) is 0 Å². The van der Waals surface area contributed by atoms with E-state index in [0.717, 1.165) is 5.56 Å². The van der Waals surface area contributed by atoms with Gasteiger partial charge in [0.1, 0.15) is 5.76 Å². The first kappa shape index (κ1) is 13.1. The summed E-state index contributed by atoms with van der Waals surface area (Å²) in [5.41, 5.74) is 2.28. The van der Waals surface area contributed by atoms with E-state index in [4.69, 9.17) is 4.42 Å². The van der Waals surface area contributed by atoms with Crippen molar-refractivity contribution in [3.63, 3.8) is 0 Å². The van der Waals surface area contributed by atoms with Crippen molar-refractivity contribution in [2.75, 3.05) is 0 Å². The highest BCUT2D eigenvalue weighted by Gasteiger charge is 2.07. The van der Waals surface area contributed by atoms with Crippen LogP contribution in [-0.4, -0.2) is 5.91 Å². The second-order valence-corrected chi connectivity index (χ2v) is 4.49. The maximum absolute atomic E-state index is 11.8. The molecular formula is C16H17NO2. The molecule has 1 N–H and O–H groups in total. The van der Waals surface area contributed by atoms with E-state index in [-0.39, 0.29) is 11.9 Å². The minimum atomic E-state index is -0.134. The molecule has 1 atom stereocenters. The second kappa shape index (κ2) is 6.05. The fraction of sp³-hybridized carbons (Fsp3) is 0.188. The lowest BCUT2D eigenvalue weighted by Gasteiger charge is -2.13. The Kier molecular flexibility index (Phi) is 4.18. The summed E-state index contributed by atoms with van der Waals surface area (Å²) in [6.07, 6.45) is 4.70. The number of aryl methyl sites for hydroxylation is 1. The number of hydrogen-bond acceptors (Lipinski definition) is 2. The van der Waals surface area contributed by atoms with Crippen molar-refractivity contribution in [3.05, 3.63) is 65.6 Å². The SMILES string of the molecule is Cc1cccc(C(C)NC(=O)/C=C/c2ccco2)c1. The van der Waals surface area contributed by atoms with Crippen molar-refractivity contribution < 1.29 is 9.21 Å². The van der Waals surface area contributed by atoms with E-state index >= 15 is 0 Å². The van der Waals surface area contributed by atoms with E-state index in [1.807, 2.05) is 32.0 Å². The molecule has 1 heterocycles. The van der Waals surface area contributed by atoms with Crippen molar-refractivity contribution in [1.29, 1.82) is 0 Å². The third kappa shape index (κ3) is 3.85. The normalized spacial score (nSPS) is 12.5. The second-order valence-electron chi connectivity index (χ2n) is 4.49. The fourth-order valence-electron chi connectivity index (χ4n) is 1.83. The molecule has 98 valence electrons. The number of hydrogen-bond donors (Lipinski definition) is 1. The van der Waals surface area contributed by atoms with Gasteiger partial charge in [-0.25, -0.2) is 0 Å². The molecule has 2 aromatic rings. The molecule has 2 rings (SSSR count). The van der Waals surface area contributed by atoms with Gasteiger partial charge in [0.05, 0.1) is 12.3 Å². The molecule has 0 aliphatic heterocycles. The van der Waals surface area contributed by atoms with E-state index in [0.29, 0.717) is 5.76 Å². The molecule has 3 nitrogen and oxygen atoms in total. The first-order valence-corrected chi connectivity index (χ1v) is 6.24. The lowest BCUT2D eigenvalue weighted by atomic mass is 10.1. The molecule has 19 heavy (non-hydrogen) atoms. The molecular weight excluding hydrogens is 238 g/mol. The standard InChI is InChI=1S/C16H17NO2/c1-12-5-3-6-14(11-12)13(2)17-16(18)9-8-15-7-4-10-19-15/h3-11,13H,1-2H3,(H,17,18)/b9-8+. The highest BCUT2D eigenvalue weighted by molar-refractivity contribution is 5.91. The Morgan fingerprint density at radius 2 is 2.16 bits per heavy atom. The largest absolute Gasteiger partial charge is 0.465 e. The van der Waals surface area contributed by atoms with Gasteiger partial charge >= 0.3 is 0 Å². The lowest BCUT2D eigenvalue weighted by molar-refractivity contribution is -0.117. The highest BCUT2D eigenvalue weighted by Crippen LogP contribution is 2.13. The molecule has 0 fully saturated rings. The zero-order valence-electron chi connectivity index (χ0n) is 11.1. The summed E-state index contributed by atoms with van der Waals surface area (Å²) in [7, 11) is 0. The fourth-order valence-corrected chi connectivity index (χ4v) is 1.83. The van der Waals surface area contributed by atoms with Crippen molar-refractivity contribution in [3.8, 4) is 0 Å². The molecule has 0 bridgehead atoms.